The molecule has 2 aromatic carbocycles. The van der Waals surface area contributed by atoms with E-state index in [9.17, 15) is 18.4 Å². The number of anilines is 1. The highest BCUT2D eigenvalue weighted by Crippen LogP contribution is 2.33. The van der Waals surface area contributed by atoms with Crippen molar-refractivity contribution in [1.29, 1.82) is 0 Å². The Morgan fingerprint density at radius 2 is 2.06 bits per heavy atom. The molecule has 0 spiro atoms. The second kappa shape index (κ2) is 8.28. The van der Waals surface area contributed by atoms with Crippen LogP contribution in [-0.2, 0) is 22.6 Å². The van der Waals surface area contributed by atoms with Gasteiger partial charge in [0, 0.05) is 30.7 Å². The Bertz CT molecular complexity index is 1240. The zero-order chi connectivity index (χ0) is 23.1. The number of aromatic nitrogens is 2. The van der Waals surface area contributed by atoms with Crippen LogP contribution in [0.15, 0.2) is 42.5 Å². The number of carbonyl (C=O) groups is 2. The van der Waals surface area contributed by atoms with Crippen LogP contribution in [0.25, 0.3) is 0 Å². The minimum Gasteiger partial charge on any atom is -0.489 e. The Balaban J connectivity index is 1.35. The van der Waals surface area contributed by atoms with Gasteiger partial charge >= 0.3 is 0 Å². The molecule has 3 aromatic rings. The maximum absolute atomic E-state index is 14.3. The summed E-state index contributed by atoms with van der Waals surface area (Å²) in [6, 6.07) is 9.47. The Morgan fingerprint density at radius 1 is 1.24 bits per heavy atom. The molecule has 0 radical (unpaired) electrons. The molecule has 8 nitrogen and oxygen atoms in total. The van der Waals surface area contributed by atoms with E-state index < -0.39 is 29.7 Å². The summed E-state index contributed by atoms with van der Waals surface area (Å²) >= 11 is 0. The molecule has 0 saturated carbocycles. The first-order valence-corrected chi connectivity index (χ1v) is 10.4. The van der Waals surface area contributed by atoms with E-state index in [2.05, 4.69) is 15.5 Å². The molecule has 3 heterocycles. The van der Waals surface area contributed by atoms with Crippen LogP contribution in [0, 0.1) is 11.6 Å². The minimum atomic E-state index is -0.924. The van der Waals surface area contributed by atoms with Crippen molar-refractivity contribution in [2.75, 3.05) is 18.6 Å². The molecule has 0 bridgehead atoms. The average Bonchev–Trinajstić information content (AvgIpc) is 3.19. The predicted octanol–water partition coefficient (Wildman–Crippen LogP) is 2.66. The predicted molar refractivity (Wildman–Crippen MR) is 113 cm³/mol. The number of para-hydroxylation sites is 2. The molecule has 2 aliphatic rings. The first-order chi connectivity index (χ1) is 15.9. The van der Waals surface area contributed by atoms with Crippen molar-refractivity contribution >= 4 is 17.5 Å². The van der Waals surface area contributed by atoms with Gasteiger partial charge < -0.3 is 19.7 Å². The summed E-state index contributed by atoms with van der Waals surface area (Å²) in [5, 5.41) is 9.57. The lowest BCUT2D eigenvalue weighted by atomic mass is 9.96. The van der Waals surface area contributed by atoms with Gasteiger partial charge in [-0.25, -0.2) is 8.78 Å². The largest absolute Gasteiger partial charge is 0.489 e. The number of rotatable bonds is 3. The maximum atomic E-state index is 14.3. The average molecular weight is 454 g/mol. The fourth-order valence-corrected chi connectivity index (χ4v) is 4.10. The number of amides is 2. The zero-order valence-corrected chi connectivity index (χ0v) is 17.6. The van der Waals surface area contributed by atoms with Gasteiger partial charge in [0.25, 0.3) is 11.8 Å². The highest BCUT2D eigenvalue weighted by molar-refractivity contribution is 6.03. The molecule has 1 unspecified atom stereocenters. The van der Waals surface area contributed by atoms with Crippen LogP contribution < -0.4 is 15.0 Å². The number of aromatic amines is 1. The highest BCUT2D eigenvalue weighted by atomic mass is 19.1. The molecule has 5 rings (SSSR count). The zero-order valence-electron chi connectivity index (χ0n) is 17.6. The minimum absolute atomic E-state index is 0.0366. The van der Waals surface area contributed by atoms with Crippen molar-refractivity contribution in [1.82, 2.24) is 15.5 Å². The van der Waals surface area contributed by atoms with E-state index in [4.69, 9.17) is 9.47 Å². The summed E-state index contributed by atoms with van der Waals surface area (Å²) in [5.41, 5.74) is 2.05. The number of nitrogens with zero attached hydrogens (tertiary/aromatic N) is 2. The second-order valence-electron chi connectivity index (χ2n) is 7.90. The molecule has 2 atom stereocenters. The van der Waals surface area contributed by atoms with Crippen LogP contribution in [-0.4, -0.2) is 41.7 Å². The van der Waals surface area contributed by atoms with Gasteiger partial charge in [-0.15, -0.1) is 0 Å². The van der Waals surface area contributed by atoms with Gasteiger partial charge in [0.15, 0.2) is 5.69 Å². The normalized spacial score (nSPS) is 19.8. The van der Waals surface area contributed by atoms with E-state index in [0.29, 0.717) is 22.7 Å². The topological polar surface area (TPSA) is 96.6 Å². The quantitative estimate of drug-likeness (QED) is 0.635. The van der Waals surface area contributed by atoms with Crippen LogP contribution in [0.2, 0.25) is 0 Å². The fourth-order valence-electron chi connectivity index (χ4n) is 4.10. The SMILES string of the molecule is CN1C(=O)[C@@H](NC(=O)c2n[nH]c3c2CC(c2ccc(F)cc2F)OC3)COc2ccccc21. The van der Waals surface area contributed by atoms with Crippen LogP contribution in [0.3, 0.4) is 0 Å². The summed E-state index contributed by atoms with van der Waals surface area (Å²) in [6.45, 7) is 0.0473. The first-order valence-electron chi connectivity index (χ1n) is 10.4. The third-order valence-corrected chi connectivity index (χ3v) is 5.86. The molecule has 2 N–H and O–H groups in total. The van der Waals surface area contributed by atoms with Crippen molar-refractivity contribution in [2.24, 2.45) is 0 Å². The Kier molecular flexibility index (Phi) is 5.29. The molecule has 2 amide bonds. The molecule has 1 aromatic heterocycles. The Hall–Kier alpha value is -3.79. The van der Waals surface area contributed by atoms with Crippen molar-refractivity contribution in [3.05, 3.63) is 76.6 Å². The number of fused-ring (bicyclic) bond motifs is 2. The van der Waals surface area contributed by atoms with Crippen LogP contribution in [0.1, 0.15) is 33.4 Å². The monoisotopic (exact) mass is 454 g/mol. The number of hydrogen-bond acceptors (Lipinski definition) is 5. The molecule has 170 valence electrons. The Morgan fingerprint density at radius 3 is 2.88 bits per heavy atom. The second-order valence-corrected chi connectivity index (χ2v) is 7.90. The number of hydrogen-bond donors (Lipinski definition) is 2. The molecular weight excluding hydrogens is 434 g/mol. The van der Waals surface area contributed by atoms with E-state index in [1.54, 1.807) is 31.3 Å². The van der Waals surface area contributed by atoms with Gasteiger partial charge in [-0.2, -0.15) is 5.10 Å². The van der Waals surface area contributed by atoms with Gasteiger partial charge in [0.2, 0.25) is 0 Å². The summed E-state index contributed by atoms with van der Waals surface area (Å²) < 4.78 is 39.0. The number of carbonyl (C=O) groups excluding carboxylic acids is 2. The van der Waals surface area contributed by atoms with Crippen molar-refractivity contribution in [2.45, 2.75) is 25.2 Å². The third-order valence-electron chi connectivity index (χ3n) is 5.86. The standard InChI is InChI=1S/C23H20F2N4O4/c1-29-18-4-2-3-5-19(18)32-11-17(23(29)31)26-22(30)21-14-9-20(33-10-16(14)27-28-21)13-7-6-12(24)8-15(13)25/h2-8,17,20H,9-11H2,1H3,(H,26,30)(H,27,28)/t17-,20?/m0/s1. The lowest BCUT2D eigenvalue weighted by Crippen LogP contribution is -2.49. The van der Waals surface area contributed by atoms with Gasteiger partial charge in [0.05, 0.1) is 24.1 Å². The van der Waals surface area contributed by atoms with E-state index in [1.165, 1.54) is 11.0 Å². The van der Waals surface area contributed by atoms with Crippen molar-refractivity contribution in [3.63, 3.8) is 0 Å². The van der Waals surface area contributed by atoms with Gasteiger partial charge in [0.1, 0.15) is 30.0 Å². The number of likely N-dealkylation sites (N-methyl/N-ethyl adjacent to an activating group) is 1. The smallest absolute Gasteiger partial charge is 0.272 e. The molecule has 2 aliphatic heterocycles. The molecule has 0 fully saturated rings. The summed E-state index contributed by atoms with van der Waals surface area (Å²) in [6.07, 6.45) is -0.539. The molecule has 0 saturated heterocycles. The van der Waals surface area contributed by atoms with E-state index >= 15 is 0 Å². The number of H-pyrrole nitrogens is 1. The molecule has 10 heteroatoms. The molecular formula is C23H20F2N4O4. The lowest BCUT2D eigenvalue weighted by Gasteiger charge is -2.24. The van der Waals surface area contributed by atoms with Crippen LogP contribution >= 0.6 is 0 Å². The number of nitrogens with one attached hydrogen (secondary N) is 2. The fraction of sp³-hybridized carbons (Fsp3) is 0.261. The maximum Gasteiger partial charge on any atom is 0.272 e. The third kappa shape index (κ3) is 3.82. The number of benzene rings is 2. The van der Waals surface area contributed by atoms with E-state index in [-0.39, 0.29) is 36.8 Å². The summed E-state index contributed by atoms with van der Waals surface area (Å²) in [7, 11) is 1.62. The molecule has 33 heavy (non-hydrogen) atoms. The van der Waals surface area contributed by atoms with Crippen molar-refractivity contribution < 1.29 is 27.8 Å². The summed E-state index contributed by atoms with van der Waals surface area (Å²) in [5.74, 6) is -1.75. The van der Waals surface area contributed by atoms with Gasteiger partial charge in [-0.3, -0.25) is 14.7 Å². The Labute approximate surface area is 187 Å². The van der Waals surface area contributed by atoms with Crippen molar-refractivity contribution in [3.8, 4) is 5.75 Å². The summed E-state index contributed by atoms with van der Waals surface area (Å²) in [4.78, 5) is 27.4. The van der Waals surface area contributed by atoms with E-state index in [1.807, 2.05) is 0 Å². The van der Waals surface area contributed by atoms with Crippen LogP contribution in [0.5, 0.6) is 5.75 Å². The number of halogens is 2. The van der Waals surface area contributed by atoms with Gasteiger partial charge in [-0.1, -0.05) is 18.2 Å². The van der Waals surface area contributed by atoms with Crippen LogP contribution in [0.4, 0.5) is 14.5 Å². The lowest BCUT2D eigenvalue weighted by molar-refractivity contribution is -0.120. The first kappa shape index (κ1) is 21.1. The number of ether oxygens (including phenoxy) is 2. The molecule has 0 aliphatic carbocycles. The van der Waals surface area contributed by atoms with E-state index in [0.717, 1.165) is 12.1 Å². The highest BCUT2D eigenvalue weighted by Gasteiger charge is 2.34. The van der Waals surface area contributed by atoms with Gasteiger partial charge in [-0.05, 0) is 18.2 Å².